The lowest BCUT2D eigenvalue weighted by Crippen LogP contribution is -1.87. The van der Waals surface area contributed by atoms with Gasteiger partial charge in [0.25, 0.3) is 0 Å². The standard InChI is InChI=1S/C7H7ClN4/c8-3-1-4(9)6-5(2-3)11-7(10)12-6/h1-2H,9H2,(H3,10,11,12). The van der Waals surface area contributed by atoms with Crippen LogP contribution in [-0.2, 0) is 0 Å². The summed E-state index contributed by atoms with van der Waals surface area (Å²) in [7, 11) is 0. The average Bonchev–Trinajstić information content (AvgIpc) is 2.29. The van der Waals surface area contributed by atoms with E-state index in [4.69, 9.17) is 23.1 Å². The number of fused-ring (bicyclic) bond motifs is 1. The Kier molecular flexibility index (Phi) is 1.38. The van der Waals surface area contributed by atoms with E-state index in [0.29, 0.717) is 22.2 Å². The van der Waals surface area contributed by atoms with Gasteiger partial charge in [0, 0.05) is 5.02 Å². The molecule has 0 saturated carbocycles. The molecular weight excluding hydrogens is 176 g/mol. The fourth-order valence-corrected chi connectivity index (χ4v) is 1.35. The number of H-pyrrole nitrogens is 1. The van der Waals surface area contributed by atoms with Gasteiger partial charge in [-0.05, 0) is 12.1 Å². The van der Waals surface area contributed by atoms with E-state index in [1.165, 1.54) is 0 Å². The highest BCUT2D eigenvalue weighted by Gasteiger charge is 2.04. The van der Waals surface area contributed by atoms with Gasteiger partial charge in [0.15, 0.2) is 5.95 Å². The number of nitrogens with zero attached hydrogens (tertiary/aromatic N) is 1. The van der Waals surface area contributed by atoms with Crippen LogP contribution in [0.5, 0.6) is 0 Å². The average molecular weight is 183 g/mol. The number of benzene rings is 1. The maximum absolute atomic E-state index is 5.76. The third-order valence-electron chi connectivity index (χ3n) is 1.60. The van der Waals surface area contributed by atoms with E-state index >= 15 is 0 Å². The molecule has 2 rings (SSSR count). The molecule has 0 aliphatic carbocycles. The highest BCUT2D eigenvalue weighted by atomic mass is 35.5. The smallest absolute Gasteiger partial charge is 0.198 e. The molecule has 5 N–H and O–H groups in total. The number of anilines is 2. The van der Waals surface area contributed by atoms with E-state index in [2.05, 4.69) is 9.97 Å². The molecule has 1 heterocycles. The number of imidazole rings is 1. The molecule has 62 valence electrons. The van der Waals surface area contributed by atoms with Crippen LogP contribution in [0.15, 0.2) is 12.1 Å². The molecular formula is C7H7ClN4. The van der Waals surface area contributed by atoms with Gasteiger partial charge in [-0.1, -0.05) is 11.6 Å². The lowest BCUT2D eigenvalue weighted by atomic mass is 10.3. The summed E-state index contributed by atoms with van der Waals surface area (Å²) in [6.07, 6.45) is 0. The largest absolute Gasteiger partial charge is 0.397 e. The van der Waals surface area contributed by atoms with E-state index < -0.39 is 0 Å². The normalized spacial score (nSPS) is 10.8. The molecule has 0 aliphatic rings. The first-order chi connectivity index (χ1) is 5.66. The summed E-state index contributed by atoms with van der Waals surface area (Å²) in [6.45, 7) is 0. The highest BCUT2D eigenvalue weighted by Crippen LogP contribution is 2.24. The monoisotopic (exact) mass is 182 g/mol. The molecule has 4 nitrogen and oxygen atoms in total. The summed E-state index contributed by atoms with van der Waals surface area (Å²) in [5.74, 6) is 0.346. The van der Waals surface area contributed by atoms with Crippen molar-refractivity contribution in [1.29, 1.82) is 0 Å². The number of rotatable bonds is 0. The number of nitrogens with one attached hydrogen (secondary N) is 1. The van der Waals surface area contributed by atoms with Gasteiger partial charge in [0.1, 0.15) is 5.52 Å². The fourth-order valence-electron chi connectivity index (χ4n) is 1.13. The van der Waals surface area contributed by atoms with Crippen LogP contribution in [0.4, 0.5) is 11.6 Å². The van der Waals surface area contributed by atoms with Crippen molar-refractivity contribution in [3.05, 3.63) is 17.2 Å². The number of hydrogen-bond donors (Lipinski definition) is 3. The predicted octanol–water partition coefficient (Wildman–Crippen LogP) is 1.38. The molecule has 12 heavy (non-hydrogen) atoms. The molecule has 5 heteroatoms. The quantitative estimate of drug-likeness (QED) is 0.539. The third-order valence-corrected chi connectivity index (χ3v) is 1.82. The lowest BCUT2D eigenvalue weighted by Gasteiger charge is -1.94. The zero-order chi connectivity index (χ0) is 8.72. The van der Waals surface area contributed by atoms with Crippen LogP contribution in [-0.4, -0.2) is 9.97 Å². The van der Waals surface area contributed by atoms with Crippen molar-refractivity contribution in [2.75, 3.05) is 11.5 Å². The summed E-state index contributed by atoms with van der Waals surface area (Å²) < 4.78 is 0. The van der Waals surface area contributed by atoms with Crippen molar-refractivity contribution in [2.24, 2.45) is 0 Å². The van der Waals surface area contributed by atoms with E-state index in [1.807, 2.05) is 0 Å². The number of nitrogen functional groups attached to an aromatic ring is 2. The molecule has 2 aromatic rings. The zero-order valence-corrected chi connectivity index (χ0v) is 6.89. The fraction of sp³-hybridized carbons (Fsp3) is 0. The predicted molar refractivity (Wildman–Crippen MR) is 49.9 cm³/mol. The van der Waals surface area contributed by atoms with Crippen molar-refractivity contribution in [3.8, 4) is 0 Å². The van der Waals surface area contributed by atoms with E-state index in [1.54, 1.807) is 12.1 Å². The maximum atomic E-state index is 5.76. The number of aromatic amines is 1. The minimum atomic E-state index is 0.346. The molecule has 0 bridgehead atoms. The van der Waals surface area contributed by atoms with Gasteiger partial charge in [-0.3, -0.25) is 0 Å². The molecule has 0 spiro atoms. The first kappa shape index (κ1) is 7.24. The van der Waals surface area contributed by atoms with Crippen LogP contribution in [0.25, 0.3) is 11.0 Å². The van der Waals surface area contributed by atoms with E-state index in [0.717, 1.165) is 5.52 Å². The van der Waals surface area contributed by atoms with Gasteiger partial charge in [-0.15, -0.1) is 0 Å². The Morgan fingerprint density at radius 3 is 2.83 bits per heavy atom. The van der Waals surface area contributed by atoms with Crippen LogP contribution >= 0.6 is 11.6 Å². The Morgan fingerprint density at radius 1 is 1.33 bits per heavy atom. The summed E-state index contributed by atoms with van der Waals surface area (Å²) >= 11 is 5.76. The van der Waals surface area contributed by atoms with Crippen LogP contribution in [0.3, 0.4) is 0 Å². The summed E-state index contributed by atoms with van der Waals surface area (Å²) in [4.78, 5) is 6.83. The van der Waals surface area contributed by atoms with Crippen LogP contribution < -0.4 is 11.5 Å². The van der Waals surface area contributed by atoms with Crippen molar-refractivity contribution in [2.45, 2.75) is 0 Å². The number of nitrogens with two attached hydrogens (primary N) is 2. The number of hydrogen-bond acceptors (Lipinski definition) is 3. The molecule has 0 amide bonds. The number of aromatic nitrogens is 2. The molecule has 1 aromatic carbocycles. The second-order valence-electron chi connectivity index (χ2n) is 2.51. The Bertz CT molecular complexity index is 434. The SMILES string of the molecule is Nc1nc2c(N)cc(Cl)cc2[nH]1. The summed E-state index contributed by atoms with van der Waals surface area (Å²) in [5.41, 5.74) is 13.1. The Balaban J connectivity index is 2.88. The zero-order valence-electron chi connectivity index (χ0n) is 6.13. The summed E-state index contributed by atoms with van der Waals surface area (Å²) in [5, 5.41) is 0.573. The van der Waals surface area contributed by atoms with Crippen molar-refractivity contribution in [1.82, 2.24) is 9.97 Å². The van der Waals surface area contributed by atoms with Crippen molar-refractivity contribution in [3.63, 3.8) is 0 Å². The first-order valence-electron chi connectivity index (χ1n) is 3.37. The topological polar surface area (TPSA) is 80.7 Å². The molecule has 0 fully saturated rings. The second kappa shape index (κ2) is 2.28. The maximum Gasteiger partial charge on any atom is 0.198 e. The minimum Gasteiger partial charge on any atom is -0.397 e. The van der Waals surface area contributed by atoms with Gasteiger partial charge < -0.3 is 16.5 Å². The second-order valence-corrected chi connectivity index (χ2v) is 2.95. The summed E-state index contributed by atoms with van der Waals surface area (Å²) in [6, 6.07) is 3.38. The minimum absolute atomic E-state index is 0.346. The highest BCUT2D eigenvalue weighted by molar-refractivity contribution is 6.31. The van der Waals surface area contributed by atoms with Crippen LogP contribution in [0.2, 0.25) is 5.02 Å². The number of halogens is 1. The molecule has 0 atom stereocenters. The van der Waals surface area contributed by atoms with Crippen LogP contribution in [0.1, 0.15) is 0 Å². The lowest BCUT2D eigenvalue weighted by molar-refractivity contribution is 1.35. The molecule has 0 saturated heterocycles. The molecule has 1 aromatic heterocycles. The Labute approximate surface area is 73.5 Å². The molecule has 0 aliphatic heterocycles. The van der Waals surface area contributed by atoms with Gasteiger partial charge in [0.05, 0.1) is 11.2 Å². The van der Waals surface area contributed by atoms with Gasteiger partial charge in [-0.25, -0.2) is 4.98 Å². The Hall–Kier alpha value is -1.42. The van der Waals surface area contributed by atoms with Gasteiger partial charge in [-0.2, -0.15) is 0 Å². The van der Waals surface area contributed by atoms with Crippen molar-refractivity contribution >= 4 is 34.3 Å². The molecule has 0 unspecified atom stereocenters. The first-order valence-corrected chi connectivity index (χ1v) is 3.75. The van der Waals surface area contributed by atoms with Gasteiger partial charge >= 0.3 is 0 Å². The third kappa shape index (κ3) is 0.967. The van der Waals surface area contributed by atoms with E-state index in [-0.39, 0.29) is 0 Å². The van der Waals surface area contributed by atoms with E-state index in [9.17, 15) is 0 Å². The van der Waals surface area contributed by atoms with Crippen molar-refractivity contribution < 1.29 is 0 Å². The van der Waals surface area contributed by atoms with Gasteiger partial charge in [0.2, 0.25) is 0 Å². The molecule has 0 radical (unpaired) electrons. The Morgan fingerprint density at radius 2 is 2.08 bits per heavy atom. The van der Waals surface area contributed by atoms with Crippen LogP contribution in [0, 0.1) is 0 Å².